The van der Waals surface area contributed by atoms with Gasteiger partial charge in [-0.1, -0.05) is 76.8 Å². The fraction of sp³-hybridized carbons (Fsp3) is 0.680. The maximum Gasteiger partial charge on any atom is 0.404 e. The van der Waals surface area contributed by atoms with Crippen molar-refractivity contribution in [2.45, 2.75) is 83.9 Å². The van der Waals surface area contributed by atoms with Gasteiger partial charge in [-0.05, 0) is 30.2 Å². The van der Waals surface area contributed by atoms with Crippen molar-refractivity contribution in [1.82, 2.24) is 10.6 Å². The Labute approximate surface area is 186 Å². The molecule has 4 N–H and O–H groups in total. The van der Waals surface area contributed by atoms with E-state index in [0.717, 1.165) is 17.9 Å². The summed E-state index contributed by atoms with van der Waals surface area (Å²) in [5.74, 6) is 1.58. The van der Waals surface area contributed by atoms with Crippen LogP contribution >= 0.6 is 0 Å². The number of benzene rings is 1. The van der Waals surface area contributed by atoms with Crippen molar-refractivity contribution in [2.24, 2.45) is 23.0 Å². The molecule has 172 valence electrons. The van der Waals surface area contributed by atoms with E-state index in [1.807, 2.05) is 30.3 Å². The van der Waals surface area contributed by atoms with Crippen LogP contribution in [0.5, 0.6) is 0 Å². The molecule has 2 amide bonds. The summed E-state index contributed by atoms with van der Waals surface area (Å²) in [5.41, 5.74) is 6.04. The second-order valence-corrected chi connectivity index (χ2v) is 10.3. The first-order valence-corrected chi connectivity index (χ1v) is 11.8. The van der Waals surface area contributed by atoms with Gasteiger partial charge in [0, 0.05) is 30.5 Å². The van der Waals surface area contributed by atoms with Crippen molar-refractivity contribution >= 4 is 12.0 Å². The Morgan fingerprint density at radius 3 is 2.52 bits per heavy atom. The van der Waals surface area contributed by atoms with Crippen molar-refractivity contribution < 1.29 is 14.3 Å². The lowest BCUT2D eigenvalue weighted by Crippen LogP contribution is -2.44. The highest BCUT2D eigenvalue weighted by atomic mass is 16.6. The van der Waals surface area contributed by atoms with E-state index in [1.54, 1.807) is 0 Å². The molecule has 0 bridgehead atoms. The van der Waals surface area contributed by atoms with Crippen LogP contribution in [-0.2, 0) is 16.0 Å². The molecule has 2 fully saturated rings. The molecule has 3 rings (SSSR count). The molecule has 6 heteroatoms. The summed E-state index contributed by atoms with van der Waals surface area (Å²) in [6.07, 6.45) is 6.14. The molecule has 1 saturated heterocycles. The maximum atomic E-state index is 13.1. The number of rotatable bonds is 8. The molecule has 0 spiro atoms. The Bertz CT molecular complexity index is 729. The molecule has 6 nitrogen and oxygen atoms in total. The number of ether oxygens (including phenoxy) is 1. The molecule has 2 aliphatic rings. The molecule has 1 aromatic rings. The first kappa shape index (κ1) is 23.6. The number of carbonyl (C=O) groups is 2. The summed E-state index contributed by atoms with van der Waals surface area (Å²) in [6.45, 7) is 7.12. The maximum absolute atomic E-state index is 13.1. The second-order valence-electron chi connectivity index (χ2n) is 10.3. The Morgan fingerprint density at radius 2 is 1.87 bits per heavy atom. The quantitative estimate of drug-likeness (QED) is 0.586. The minimum absolute atomic E-state index is 0.0258. The summed E-state index contributed by atoms with van der Waals surface area (Å²) in [6, 6.07) is 9.91. The van der Waals surface area contributed by atoms with Gasteiger partial charge in [0.1, 0.15) is 6.10 Å². The average molecular weight is 430 g/mol. The molecule has 1 heterocycles. The summed E-state index contributed by atoms with van der Waals surface area (Å²) in [5, 5.41) is 6.67. The largest absolute Gasteiger partial charge is 0.444 e. The Balaban J connectivity index is 1.53. The van der Waals surface area contributed by atoms with Crippen molar-refractivity contribution in [3.63, 3.8) is 0 Å². The number of nitrogens with two attached hydrogens (primary N) is 1. The molecule has 1 aromatic carbocycles. The van der Waals surface area contributed by atoms with Crippen LogP contribution < -0.4 is 16.4 Å². The summed E-state index contributed by atoms with van der Waals surface area (Å²) < 4.78 is 5.43. The van der Waals surface area contributed by atoms with Crippen LogP contribution in [0.3, 0.4) is 0 Å². The Kier molecular flexibility index (Phi) is 7.98. The van der Waals surface area contributed by atoms with Crippen LogP contribution in [0.25, 0.3) is 0 Å². The highest BCUT2D eigenvalue weighted by molar-refractivity contribution is 5.82. The van der Waals surface area contributed by atoms with Gasteiger partial charge in [-0.15, -0.1) is 0 Å². The van der Waals surface area contributed by atoms with Gasteiger partial charge in [0.15, 0.2) is 0 Å². The van der Waals surface area contributed by atoms with E-state index >= 15 is 0 Å². The number of carbonyl (C=O) groups excluding carboxylic acids is 2. The first-order chi connectivity index (χ1) is 14.7. The third-order valence-corrected chi connectivity index (χ3v) is 7.05. The molecule has 1 aliphatic carbocycles. The van der Waals surface area contributed by atoms with Gasteiger partial charge in [0.05, 0.1) is 0 Å². The van der Waals surface area contributed by atoms with Crippen LogP contribution in [0.4, 0.5) is 4.79 Å². The zero-order valence-corrected chi connectivity index (χ0v) is 19.2. The molecule has 0 aromatic heterocycles. The minimum atomic E-state index is -0.766. The van der Waals surface area contributed by atoms with Gasteiger partial charge in [-0.2, -0.15) is 0 Å². The van der Waals surface area contributed by atoms with Crippen LogP contribution in [0.15, 0.2) is 30.3 Å². The van der Waals surface area contributed by atoms with Crippen LogP contribution in [0.1, 0.15) is 64.9 Å². The van der Waals surface area contributed by atoms with E-state index in [4.69, 9.17) is 10.5 Å². The van der Waals surface area contributed by atoms with E-state index in [9.17, 15) is 9.59 Å². The predicted octanol–water partition coefficient (Wildman–Crippen LogP) is 3.78. The monoisotopic (exact) mass is 429 g/mol. The van der Waals surface area contributed by atoms with Gasteiger partial charge in [0.2, 0.25) is 5.91 Å². The van der Waals surface area contributed by atoms with Gasteiger partial charge in [-0.3, -0.25) is 4.79 Å². The number of nitrogens with one attached hydrogen (secondary N) is 2. The normalized spacial score (nSPS) is 27.5. The first-order valence-electron chi connectivity index (χ1n) is 11.8. The van der Waals surface area contributed by atoms with Gasteiger partial charge >= 0.3 is 6.09 Å². The third-order valence-electron chi connectivity index (χ3n) is 7.05. The molecule has 1 saturated carbocycles. The Hall–Kier alpha value is -2.08. The van der Waals surface area contributed by atoms with E-state index in [2.05, 4.69) is 31.4 Å². The predicted molar refractivity (Wildman–Crippen MR) is 122 cm³/mol. The van der Waals surface area contributed by atoms with E-state index in [-0.39, 0.29) is 29.5 Å². The van der Waals surface area contributed by atoms with Crippen molar-refractivity contribution in [3.05, 3.63) is 35.9 Å². The van der Waals surface area contributed by atoms with E-state index in [1.165, 1.54) is 25.7 Å². The number of hydrogen-bond acceptors (Lipinski definition) is 4. The molecule has 31 heavy (non-hydrogen) atoms. The smallest absolute Gasteiger partial charge is 0.404 e. The molecule has 0 radical (unpaired) electrons. The standard InChI is InChI=1S/C25H39N3O3/c1-17-9-11-19(12-10-17)15-25(2,3)23(29)28-20-14-21(27-16-20)22(31-24(26)30)13-18-7-5-4-6-8-18/h4-8,17,19-22,27H,9-16H2,1-3H3,(H2,26,30)(H,28,29)/t17?,19?,20-,21-,22?/m0/s1. The van der Waals surface area contributed by atoms with Crippen molar-refractivity contribution in [3.8, 4) is 0 Å². The fourth-order valence-electron chi connectivity index (χ4n) is 5.15. The third kappa shape index (κ3) is 6.96. The average Bonchev–Trinajstić information content (AvgIpc) is 3.18. The van der Waals surface area contributed by atoms with Gasteiger partial charge < -0.3 is 21.1 Å². The lowest BCUT2D eigenvalue weighted by molar-refractivity contribution is -0.131. The SMILES string of the molecule is CC1CCC(CC(C)(C)C(=O)N[C@@H]2CN[C@H](C(Cc3ccccc3)OC(N)=O)C2)CC1. The van der Waals surface area contributed by atoms with Crippen LogP contribution in [0.2, 0.25) is 0 Å². The lowest BCUT2D eigenvalue weighted by Gasteiger charge is -2.33. The molecule has 1 unspecified atom stereocenters. The van der Waals surface area contributed by atoms with Crippen molar-refractivity contribution in [2.75, 3.05) is 6.54 Å². The number of hydrogen-bond donors (Lipinski definition) is 3. The topological polar surface area (TPSA) is 93.4 Å². The highest BCUT2D eigenvalue weighted by Crippen LogP contribution is 2.36. The van der Waals surface area contributed by atoms with Crippen molar-refractivity contribution in [1.29, 1.82) is 0 Å². The Morgan fingerprint density at radius 1 is 1.19 bits per heavy atom. The molecule has 3 atom stereocenters. The highest BCUT2D eigenvalue weighted by Gasteiger charge is 2.37. The molecule has 1 aliphatic heterocycles. The van der Waals surface area contributed by atoms with E-state index in [0.29, 0.717) is 25.3 Å². The van der Waals surface area contributed by atoms with Gasteiger partial charge in [-0.25, -0.2) is 4.79 Å². The second kappa shape index (κ2) is 10.5. The minimum Gasteiger partial charge on any atom is -0.444 e. The summed E-state index contributed by atoms with van der Waals surface area (Å²) >= 11 is 0. The van der Waals surface area contributed by atoms with E-state index < -0.39 is 6.09 Å². The number of primary amides is 1. The van der Waals surface area contributed by atoms with Crippen LogP contribution in [0, 0.1) is 17.3 Å². The number of amides is 2. The van der Waals surface area contributed by atoms with Gasteiger partial charge in [0.25, 0.3) is 0 Å². The summed E-state index contributed by atoms with van der Waals surface area (Å²) in [7, 11) is 0. The molecular weight excluding hydrogens is 390 g/mol. The lowest BCUT2D eigenvalue weighted by atomic mass is 9.74. The van der Waals surface area contributed by atoms with Crippen LogP contribution in [-0.4, -0.2) is 36.7 Å². The zero-order valence-electron chi connectivity index (χ0n) is 19.2. The summed E-state index contributed by atoms with van der Waals surface area (Å²) in [4.78, 5) is 24.5. The fourth-order valence-corrected chi connectivity index (χ4v) is 5.15. The molecular formula is C25H39N3O3. The zero-order chi connectivity index (χ0) is 22.4.